The number of hydrogen-bond acceptors (Lipinski definition) is 4. The Balaban J connectivity index is 2.54. The summed E-state index contributed by atoms with van der Waals surface area (Å²) in [6, 6.07) is 2.98. The van der Waals surface area contributed by atoms with Crippen molar-refractivity contribution < 1.29 is 24.2 Å². The molecule has 0 aliphatic heterocycles. The molecule has 1 heterocycles. The number of aromatic carboxylic acids is 1. The van der Waals surface area contributed by atoms with Crippen molar-refractivity contribution >= 4 is 11.9 Å². The van der Waals surface area contributed by atoms with Crippen molar-refractivity contribution in [2.75, 3.05) is 13.1 Å². The van der Waals surface area contributed by atoms with Crippen molar-refractivity contribution in [3.8, 4) is 0 Å². The molecule has 0 aliphatic carbocycles. The van der Waals surface area contributed by atoms with Crippen LogP contribution in [0.2, 0.25) is 0 Å². The van der Waals surface area contributed by atoms with Gasteiger partial charge in [0.25, 0.3) is 0 Å². The number of aliphatic carboxylic acids is 1. The Labute approximate surface area is 98.5 Å². The van der Waals surface area contributed by atoms with Crippen molar-refractivity contribution in [3.05, 3.63) is 23.7 Å². The molecule has 0 aliphatic rings. The predicted octanol–water partition coefficient (Wildman–Crippen LogP) is 1.27. The molecule has 0 spiro atoms. The zero-order chi connectivity index (χ0) is 12.8. The van der Waals surface area contributed by atoms with E-state index in [4.69, 9.17) is 14.6 Å². The lowest BCUT2D eigenvalue weighted by Gasteiger charge is -2.17. The van der Waals surface area contributed by atoms with E-state index >= 15 is 0 Å². The van der Waals surface area contributed by atoms with E-state index in [2.05, 4.69) is 0 Å². The molecule has 1 aromatic rings. The third kappa shape index (κ3) is 4.28. The molecule has 1 rings (SSSR count). The molecule has 0 saturated heterocycles. The summed E-state index contributed by atoms with van der Waals surface area (Å²) in [5.74, 6) is -1.54. The van der Waals surface area contributed by atoms with Gasteiger partial charge >= 0.3 is 11.9 Å². The molecule has 2 N–H and O–H groups in total. The standard InChI is InChI=1S/C11H15NO5/c1-2-12(6-5-10(13)14)7-8-3-4-9(17-8)11(15)16/h3-4H,2,5-7H2,1H3,(H,13,14)(H,15,16). The summed E-state index contributed by atoms with van der Waals surface area (Å²) in [7, 11) is 0. The predicted molar refractivity (Wildman–Crippen MR) is 58.9 cm³/mol. The molecule has 0 unspecified atom stereocenters. The van der Waals surface area contributed by atoms with Crippen LogP contribution in [0.1, 0.15) is 29.7 Å². The Hall–Kier alpha value is -1.82. The maximum Gasteiger partial charge on any atom is 0.371 e. The van der Waals surface area contributed by atoms with Crippen molar-refractivity contribution in [2.45, 2.75) is 19.9 Å². The molecule has 17 heavy (non-hydrogen) atoms. The normalized spacial score (nSPS) is 10.7. The Morgan fingerprint density at radius 1 is 1.35 bits per heavy atom. The van der Waals surface area contributed by atoms with E-state index in [9.17, 15) is 9.59 Å². The van der Waals surface area contributed by atoms with E-state index in [1.165, 1.54) is 6.07 Å². The fourth-order valence-corrected chi connectivity index (χ4v) is 1.40. The van der Waals surface area contributed by atoms with E-state index in [0.717, 1.165) is 0 Å². The second kappa shape index (κ2) is 6.05. The van der Waals surface area contributed by atoms with Crippen LogP contribution in [0.4, 0.5) is 0 Å². The van der Waals surface area contributed by atoms with Crippen LogP contribution in [0.3, 0.4) is 0 Å². The molecule has 0 fully saturated rings. The van der Waals surface area contributed by atoms with Gasteiger partial charge in [-0.05, 0) is 18.7 Å². The molecule has 94 valence electrons. The fourth-order valence-electron chi connectivity index (χ4n) is 1.40. The highest BCUT2D eigenvalue weighted by molar-refractivity contribution is 5.84. The van der Waals surface area contributed by atoms with Crippen LogP contribution in [0.15, 0.2) is 16.5 Å². The van der Waals surface area contributed by atoms with Gasteiger partial charge in [0.1, 0.15) is 5.76 Å². The van der Waals surface area contributed by atoms with E-state index in [-0.39, 0.29) is 12.2 Å². The summed E-state index contributed by atoms with van der Waals surface area (Å²) in [6.45, 7) is 3.41. The average molecular weight is 241 g/mol. The van der Waals surface area contributed by atoms with E-state index in [1.54, 1.807) is 6.07 Å². The minimum Gasteiger partial charge on any atom is -0.481 e. The van der Waals surface area contributed by atoms with E-state index in [0.29, 0.717) is 25.4 Å². The third-order valence-electron chi connectivity index (χ3n) is 2.34. The van der Waals surface area contributed by atoms with Gasteiger partial charge in [-0.3, -0.25) is 9.69 Å². The van der Waals surface area contributed by atoms with E-state index in [1.807, 2.05) is 11.8 Å². The first-order chi connectivity index (χ1) is 8.02. The first kappa shape index (κ1) is 13.2. The first-order valence-corrected chi connectivity index (χ1v) is 5.29. The number of rotatable bonds is 7. The molecule has 6 nitrogen and oxygen atoms in total. The molecule has 0 saturated carbocycles. The Bertz CT molecular complexity index is 398. The summed E-state index contributed by atoms with van der Waals surface area (Å²) in [5, 5.41) is 17.3. The zero-order valence-corrected chi connectivity index (χ0v) is 9.55. The highest BCUT2D eigenvalue weighted by Crippen LogP contribution is 2.10. The number of carboxylic acid groups (broad SMARTS) is 2. The van der Waals surface area contributed by atoms with Gasteiger partial charge in [-0.25, -0.2) is 4.79 Å². The van der Waals surface area contributed by atoms with Crippen LogP contribution < -0.4 is 0 Å². The van der Waals surface area contributed by atoms with Crippen LogP contribution in [0.5, 0.6) is 0 Å². The molecule has 0 radical (unpaired) electrons. The van der Waals surface area contributed by atoms with Gasteiger partial charge in [0.05, 0.1) is 13.0 Å². The fraction of sp³-hybridized carbons (Fsp3) is 0.455. The minimum atomic E-state index is -1.11. The first-order valence-electron chi connectivity index (χ1n) is 5.29. The van der Waals surface area contributed by atoms with Crippen molar-refractivity contribution in [1.82, 2.24) is 4.90 Å². The molecule has 0 aromatic carbocycles. The lowest BCUT2D eigenvalue weighted by atomic mass is 10.3. The highest BCUT2D eigenvalue weighted by atomic mass is 16.4. The quantitative estimate of drug-likeness (QED) is 0.747. The number of hydrogen-bond donors (Lipinski definition) is 2. The number of furan rings is 1. The lowest BCUT2D eigenvalue weighted by molar-refractivity contribution is -0.137. The van der Waals surface area contributed by atoms with Crippen LogP contribution in [0, 0.1) is 0 Å². The molecular weight excluding hydrogens is 226 g/mol. The van der Waals surface area contributed by atoms with Crippen molar-refractivity contribution in [1.29, 1.82) is 0 Å². The summed E-state index contributed by atoms with van der Waals surface area (Å²) < 4.78 is 5.10. The summed E-state index contributed by atoms with van der Waals surface area (Å²) in [5.41, 5.74) is 0. The second-order valence-electron chi connectivity index (χ2n) is 3.58. The van der Waals surface area contributed by atoms with E-state index < -0.39 is 11.9 Å². The molecule has 6 heteroatoms. The number of carboxylic acids is 2. The third-order valence-corrected chi connectivity index (χ3v) is 2.34. The van der Waals surface area contributed by atoms with Gasteiger partial charge in [-0.2, -0.15) is 0 Å². The monoisotopic (exact) mass is 241 g/mol. The zero-order valence-electron chi connectivity index (χ0n) is 9.55. The van der Waals surface area contributed by atoms with Crippen molar-refractivity contribution in [2.24, 2.45) is 0 Å². The maximum absolute atomic E-state index is 10.6. The van der Waals surface area contributed by atoms with Crippen LogP contribution in [0.25, 0.3) is 0 Å². The number of nitrogens with zero attached hydrogens (tertiary/aromatic N) is 1. The average Bonchev–Trinajstić information content (AvgIpc) is 2.72. The van der Waals surface area contributed by atoms with Gasteiger partial charge in [-0.1, -0.05) is 6.92 Å². The topological polar surface area (TPSA) is 91.0 Å². The Morgan fingerprint density at radius 3 is 2.53 bits per heavy atom. The van der Waals surface area contributed by atoms with Crippen LogP contribution in [-0.4, -0.2) is 40.1 Å². The lowest BCUT2D eigenvalue weighted by Crippen LogP contribution is -2.25. The van der Waals surface area contributed by atoms with Crippen LogP contribution in [-0.2, 0) is 11.3 Å². The van der Waals surface area contributed by atoms with Gasteiger partial charge in [-0.15, -0.1) is 0 Å². The summed E-state index contributed by atoms with van der Waals surface area (Å²) in [6.07, 6.45) is 0.0559. The second-order valence-corrected chi connectivity index (χ2v) is 3.58. The van der Waals surface area contributed by atoms with Crippen LogP contribution >= 0.6 is 0 Å². The Kier molecular flexibility index (Phi) is 4.71. The SMILES string of the molecule is CCN(CCC(=O)O)Cc1ccc(C(=O)O)o1. The van der Waals surface area contributed by atoms with Gasteiger partial charge in [0, 0.05) is 6.54 Å². The summed E-state index contributed by atoms with van der Waals surface area (Å²) in [4.78, 5) is 22.9. The molecule has 0 atom stereocenters. The largest absolute Gasteiger partial charge is 0.481 e. The van der Waals surface area contributed by atoms with Gasteiger partial charge in [0.2, 0.25) is 5.76 Å². The number of carbonyl (C=O) groups is 2. The molecule has 0 amide bonds. The molecule has 1 aromatic heterocycles. The Morgan fingerprint density at radius 2 is 2.06 bits per heavy atom. The van der Waals surface area contributed by atoms with Crippen molar-refractivity contribution in [3.63, 3.8) is 0 Å². The summed E-state index contributed by atoms with van der Waals surface area (Å²) >= 11 is 0. The van der Waals surface area contributed by atoms with Gasteiger partial charge in [0.15, 0.2) is 0 Å². The van der Waals surface area contributed by atoms with Gasteiger partial charge < -0.3 is 14.6 Å². The molecule has 0 bridgehead atoms. The smallest absolute Gasteiger partial charge is 0.371 e. The highest BCUT2D eigenvalue weighted by Gasteiger charge is 2.12. The molecular formula is C11H15NO5. The maximum atomic E-state index is 10.6. The minimum absolute atomic E-state index is 0.0559.